The van der Waals surface area contributed by atoms with Gasteiger partial charge in [-0.1, -0.05) is 176 Å². The Hall–Kier alpha value is -7.08. The molecule has 0 atom stereocenters. The molecule has 10 rings (SSSR count). The summed E-state index contributed by atoms with van der Waals surface area (Å²) in [5.41, 5.74) is 12.1. The van der Waals surface area contributed by atoms with E-state index in [9.17, 15) is 0 Å². The van der Waals surface area contributed by atoms with Crippen LogP contribution in [0.15, 0.2) is 194 Å². The summed E-state index contributed by atoms with van der Waals surface area (Å²) in [6.45, 7) is 0. The minimum atomic E-state index is 0.700. The van der Waals surface area contributed by atoms with Crippen LogP contribution in [-0.4, -0.2) is 19.9 Å². The molecule has 0 N–H and O–H groups in total. The van der Waals surface area contributed by atoms with E-state index in [0.29, 0.717) is 11.6 Å². The van der Waals surface area contributed by atoms with Crippen LogP contribution in [0.3, 0.4) is 0 Å². The molecule has 55 heavy (non-hydrogen) atoms. The van der Waals surface area contributed by atoms with E-state index in [4.69, 9.17) is 19.9 Å². The lowest BCUT2D eigenvalue weighted by molar-refractivity contribution is 1.18. The van der Waals surface area contributed by atoms with E-state index in [0.717, 1.165) is 56.2 Å². The Kier molecular flexibility index (Phi) is 8.32. The molecule has 7 aromatic carbocycles. The van der Waals surface area contributed by atoms with E-state index in [2.05, 4.69) is 146 Å². The molecule has 5 heteroatoms. The minimum Gasteiger partial charge on any atom is -0.228 e. The maximum Gasteiger partial charge on any atom is 0.160 e. The molecule has 0 fully saturated rings. The predicted octanol–water partition coefficient (Wildman–Crippen LogP) is 13.3. The second-order valence-electron chi connectivity index (χ2n) is 13.5. The molecule has 10 aromatic rings. The summed E-state index contributed by atoms with van der Waals surface area (Å²) in [4.78, 5) is 20.4. The van der Waals surface area contributed by atoms with Gasteiger partial charge in [0.1, 0.15) is 0 Å². The number of hydrogen-bond donors (Lipinski definition) is 0. The summed E-state index contributed by atoms with van der Waals surface area (Å²) >= 11 is 1.79. The SMILES string of the molecule is c1ccc(-c2ccc(-c3cc(-c4ccc5c(c4)sc4c(-c6cc(-c7ccccc7)nc(-c7ccccc7)n6)cccc45)nc(-c4ccccc4)n3)cc2)cc1. The van der Waals surface area contributed by atoms with E-state index in [1.165, 1.54) is 31.3 Å². The average Bonchev–Trinajstić information content (AvgIpc) is 3.66. The Morgan fingerprint density at radius 1 is 0.291 bits per heavy atom. The lowest BCUT2D eigenvalue weighted by atomic mass is 10.0. The molecule has 0 bridgehead atoms. The zero-order valence-electron chi connectivity index (χ0n) is 29.7. The molecular weight excluding hydrogens is 689 g/mol. The van der Waals surface area contributed by atoms with Crippen molar-refractivity contribution in [3.8, 4) is 78.9 Å². The largest absolute Gasteiger partial charge is 0.228 e. The Bertz CT molecular complexity index is 2890. The molecule has 258 valence electrons. The molecular formula is C50H32N4S. The van der Waals surface area contributed by atoms with Crippen LogP contribution in [0.1, 0.15) is 0 Å². The van der Waals surface area contributed by atoms with Gasteiger partial charge in [0.2, 0.25) is 0 Å². The Balaban J connectivity index is 1.09. The number of fused-ring (bicyclic) bond motifs is 3. The van der Waals surface area contributed by atoms with Gasteiger partial charge in [-0.15, -0.1) is 11.3 Å². The van der Waals surface area contributed by atoms with Gasteiger partial charge in [0.05, 0.1) is 22.8 Å². The van der Waals surface area contributed by atoms with Gasteiger partial charge < -0.3 is 0 Å². The van der Waals surface area contributed by atoms with E-state index in [1.807, 2.05) is 48.5 Å². The number of nitrogens with zero attached hydrogens (tertiary/aromatic N) is 4. The Morgan fingerprint density at radius 3 is 1.33 bits per heavy atom. The van der Waals surface area contributed by atoms with E-state index < -0.39 is 0 Å². The quantitative estimate of drug-likeness (QED) is 0.164. The molecule has 0 radical (unpaired) electrons. The van der Waals surface area contributed by atoms with Gasteiger partial charge in [-0.2, -0.15) is 0 Å². The lowest BCUT2D eigenvalue weighted by Crippen LogP contribution is -1.96. The van der Waals surface area contributed by atoms with Crippen molar-refractivity contribution in [1.29, 1.82) is 0 Å². The fraction of sp³-hybridized carbons (Fsp3) is 0. The highest BCUT2D eigenvalue weighted by molar-refractivity contribution is 7.26. The van der Waals surface area contributed by atoms with Crippen molar-refractivity contribution in [2.24, 2.45) is 0 Å². The molecule has 0 amide bonds. The summed E-state index contributed by atoms with van der Waals surface area (Å²) in [6, 6.07) is 67.3. The second kappa shape index (κ2) is 14.0. The first-order chi connectivity index (χ1) is 27.2. The van der Waals surface area contributed by atoms with Crippen LogP contribution in [0.25, 0.3) is 99.1 Å². The van der Waals surface area contributed by atoms with Crippen LogP contribution in [0.5, 0.6) is 0 Å². The summed E-state index contributed by atoms with van der Waals surface area (Å²) in [6.07, 6.45) is 0. The highest BCUT2D eigenvalue weighted by atomic mass is 32.1. The average molecular weight is 721 g/mol. The second-order valence-corrected chi connectivity index (χ2v) is 14.5. The molecule has 3 aromatic heterocycles. The first-order valence-electron chi connectivity index (χ1n) is 18.3. The van der Waals surface area contributed by atoms with Crippen molar-refractivity contribution >= 4 is 31.5 Å². The van der Waals surface area contributed by atoms with Crippen LogP contribution in [0, 0.1) is 0 Å². The molecule has 0 saturated carbocycles. The van der Waals surface area contributed by atoms with Crippen LogP contribution >= 0.6 is 11.3 Å². The molecule has 0 unspecified atom stereocenters. The molecule has 3 heterocycles. The topological polar surface area (TPSA) is 51.6 Å². The highest BCUT2D eigenvalue weighted by Crippen LogP contribution is 2.42. The van der Waals surface area contributed by atoms with Crippen molar-refractivity contribution in [2.45, 2.75) is 0 Å². The van der Waals surface area contributed by atoms with Crippen molar-refractivity contribution in [2.75, 3.05) is 0 Å². The van der Waals surface area contributed by atoms with Gasteiger partial charge in [0.15, 0.2) is 11.6 Å². The Labute approximate surface area is 323 Å². The van der Waals surface area contributed by atoms with Gasteiger partial charge in [-0.05, 0) is 29.3 Å². The van der Waals surface area contributed by atoms with Gasteiger partial charge in [0, 0.05) is 53.6 Å². The molecule has 0 spiro atoms. The van der Waals surface area contributed by atoms with Gasteiger partial charge >= 0.3 is 0 Å². The van der Waals surface area contributed by atoms with Crippen LogP contribution in [0.4, 0.5) is 0 Å². The normalized spacial score (nSPS) is 11.3. The van der Waals surface area contributed by atoms with Crippen molar-refractivity contribution in [1.82, 2.24) is 19.9 Å². The third-order valence-electron chi connectivity index (χ3n) is 9.94. The third kappa shape index (κ3) is 6.37. The summed E-state index contributed by atoms with van der Waals surface area (Å²) in [7, 11) is 0. The maximum atomic E-state index is 5.16. The number of benzene rings is 7. The zero-order chi connectivity index (χ0) is 36.6. The summed E-state index contributed by atoms with van der Waals surface area (Å²) in [5.74, 6) is 1.41. The minimum absolute atomic E-state index is 0.700. The van der Waals surface area contributed by atoms with Gasteiger partial charge in [0.25, 0.3) is 0 Å². The summed E-state index contributed by atoms with van der Waals surface area (Å²) in [5, 5.41) is 2.41. The fourth-order valence-corrected chi connectivity index (χ4v) is 8.41. The fourth-order valence-electron chi connectivity index (χ4n) is 7.14. The predicted molar refractivity (Wildman–Crippen MR) is 229 cm³/mol. The monoisotopic (exact) mass is 720 g/mol. The number of aromatic nitrogens is 4. The van der Waals surface area contributed by atoms with Crippen molar-refractivity contribution in [3.63, 3.8) is 0 Å². The molecule has 0 aliphatic carbocycles. The van der Waals surface area contributed by atoms with Crippen molar-refractivity contribution < 1.29 is 0 Å². The zero-order valence-corrected chi connectivity index (χ0v) is 30.5. The van der Waals surface area contributed by atoms with Crippen LogP contribution < -0.4 is 0 Å². The van der Waals surface area contributed by atoms with Gasteiger partial charge in [-0.3, -0.25) is 0 Å². The highest BCUT2D eigenvalue weighted by Gasteiger charge is 2.17. The number of thiophene rings is 1. The number of hydrogen-bond acceptors (Lipinski definition) is 5. The molecule has 0 aliphatic rings. The van der Waals surface area contributed by atoms with E-state index in [-0.39, 0.29) is 0 Å². The molecule has 0 aliphatic heterocycles. The number of rotatable bonds is 7. The van der Waals surface area contributed by atoms with E-state index in [1.54, 1.807) is 11.3 Å². The first-order valence-corrected chi connectivity index (χ1v) is 19.1. The van der Waals surface area contributed by atoms with Crippen LogP contribution in [-0.2, 0) is 0 Å². The Morgan fingerprint density at radius 2 is 0.727 bits per heavy atom. The smallest absolute Gasteiger partial charge is 0.160 e. The molecule has 0 saturated heterocycles. The van der Waals surface area contributed by atoms with Crippen LogP contribution in [0.2, 0.25) is 0 Å². The van der Waals surface area contributed by atoms with Crippen molar-refractivity contribution in [3.05, 3.63) is 194 Å². The maximum absolute atomic E-state index is 5.16. The summed E-state index contributed by atoms with van der Waals surface area (Å²) < 4.78 is 2.38. The van der Waals surface area contributed by atoms with Gasteiger partial charge in [-0.25, -0.2) is 19.9 Å². The third-order valence-corrected chi connectivity index (χ3v) is 11.1. The lowest BCUT2D eigenvalue weighted by Gasteiger charge is -2.10. The molecule has 4 nitrogen and oxygen atoms in total. The standard InChI is InChI=1S/C50H32N4S/c1-5-14-33(15-6-1)34-24-26-36(27-25-34)43-31-45(53-49(51-43)37-18-9-3-10-19-37)39-28-29-40-41-22-13-23-42(48(41)55-47(40)30-39)46-32-44(35-16-7-2-8-17-35)52-50(54-46)38-20-11-4-12-21-38/h1-32H. The van der Waals surface area contributed by atoms with E-state index >= 15 is 0 Å². The first kappa shape index (κ1) is 32.6.